The first kappa shape index (κ1) is 13.3. The molecule has 3 rings (SSSR count). The first-order valence-electron chi connectivity index (χ1n) is 7.03. The SMILES string of the molecule is CC1CCc2ccccc2N1Cc1ccc(Cl)cc1N. The van der Waals surface area contributed by atoms with Gasteiger partial charge in [0.25, 0.3) is 0 Å². The predicted octanol–water partition coefficient (Wildman–Crippen LogP) is 4.26. The Morgan fingerprint density at radius 3 is 2.85 bits per heavy atom. The van der Waals surface area contributed by atoms with Crippen LogP contribution in [0.15, 0.2) is 42.5 Å². The van der Waals surface area contributed by atoms with Crippen molar-refractivity contribution in [2.24, 2.45) is 0 Å². The summed E-state index contributed by atoms with van der Waals surface area (Å²) >= 11 is 5.98. The normalized spacial score (nSPS) is 17.9. The van der Waals surface area contributed by atoms with Crippen molar-refractivity contribution < 1.29 is 0 Å². The molecule has 0 radical (unpaired) electrons. The minimum atomic E-state index is 0.528. The molecule has 2 aromatic carbocycles. The van der Waals surface area contributed by atoms with Gasteiger partial charge in [-0.25, -0.2) is 0 Å². The smallest absolute Gasteiger partial charge is 0.0452 e. The van der Waals surface area contributed by atoms with Gasteiger partial charge in [-0.3, -0.25) is 0 Å². The third-order valence-corrected chi connectivity index (χ3v) is 4.35. The maximum absolute atomic E-state index is 6.09. The number of aryl methyl sites for hydroxylation is 1. The summed E-state index contributed by atoms with van der Waals surface area (Å²) in [6.45, 7) is 3.11. The highest BCUT2D eigenvalue weighted by molar-refractivity contribution is 6.30. The van der Waals surface area contributed by atoms with E-state index < -0.39 is 0 Å². The van der Waals surface area contributed by atoms with Crippen molar-refractivity contribution in [3.63, 3.8) is 0 Å². The molecular weight excluding hydrogens is 268 g/mol. The molecule has 0 saturated carbocycles. The largest absolute Gasteiger partial charge is 0.398 e. The van der Waals surface area contributed by atoms with Gasteiger partial charge in [0.2, 0.25) is 0 Å². The molecule has 20 heavy (non-hydrogen) atoms. The Labute approximate surface area is 125 Å². The Hall–Kier alpha value is -1.67. The lowest BCUT2D eigenvalue weighted by Crippen LogP contribution is -2.36. The maximum atomic E-state index is 6.09. The van der Waals surface area contributed by atoms with Gasteiger partial charge in [0.05, 0.1) is 0 Å². The number of halogens is 1. The third kappa shape index (κ3) is 2.48. The van der Waals surface area contributed by atoms with Crippen molar-refractivity contribution in [3.05, 3.63) is 58.6 Å². The van der Waals surface area contributed by atoms with Crippen molar-refractivity contribution in [3.8, 4) is 0 Å². The fourth-order valence-electron chi connectivity index (χ4n) is 2.89. The number of hydrogen-bond acceptors (Lipinski definition) is 2. The van der Waals surface area contributed by atoms with Crippen LogP contribution in [0.4, 0.5) is 11.4 Å². The second kappa shape index (κ2) is 5.37. The highest BCUT2D eigenvalue weighted by Crippen LogP contribution is 2.32. The molecule has 104 valence electrons. The summed E-state index contributed by atoms with van der Waals surface area (Å²) in [6, 6.07) is 14.9. The van der Waals surface area contributed by atoms with Crippen molar-refractivity contribution >= 4 is 23.0 Å². The van der Waals surface area contributed by atoms with Gasteiger partial charge < -0.3 is 10.6 Å². The Bertz CT molecular complexity index is 624. The van der Waals surface area contributed by atoms with E-state index in [0.29, 0.717) is 11.1 Å². The van der Waals surface area contributed by atoms with Gasteiger partial charge >= 0.3 is 0 Å². The van der Waals surface area contributed by atoms with Gasteiger partial charge in [-0.2, -0.15) is 0 Å². The van der Waals surface area contributed by atoms with Crippen molar-refractivity contribution in [1.29, 1.82) is 0 Å². The maximum Gasteiger partial charge on any atom is 0.0452 e. The summed E-state index contributed by atoms with van der Waals surface area (Å²) in [4.78, 5) is 2.44. The fraction of sp³-hybridized carbons (Fsp3) is 0.294. The number of benzene rings is 2. The van der Waals surface area contributed by atoms with E-state index in [9.17, 15) is 0 Å². The Kier molecular flexibility index (Phi) is 3.58. The van der Waals surface area contributed by atoms with Crippen LogP contribution in [0.5, 0.6) is 0 Å². The molecule has 1 atom stereocenters. The first-order valence-corrected chi connectivity index (χ1v) is 7.41. The average molecular weight is 287 g/mol. The summed E-state index contributed by atoms with van der Waals surface area (Å²) in [5.41, 5.74) is 10.8. The highest BCUT2D eigenvalue weighted by atomic mass is 35.5. The van der Waals surface area contributed by atoms with E-state index in [1.54, 1.807) is 0 Å². The van der Waals surface area contributed by atoms with Crippen LogP contribution in [0.2, 0.25) is 5.02 Å². The summed E-state index contributed by atoms with van der Waals surface area (Å²) < 4.78 is 0. The van der Waals surface area contributed by atoms with E-state index in [0.717, 1.165) is 24.2 Å². The molecule has 2 N–H and O–H groups in total. The first-order chi connectivity index (χ1) is 9.65. The van der Waals surface area contributed by atoms with Crippen LogP contribution in [0.1, 0.15) is 24.5 Å². The van der Waals surface area contributed by atoms with Gasteiger partial charge in [-0.15, -0.1) is 0 Å². The van der Waals surface area contributed by atoms with Crippen LogP contribution < -0.4 is 10.6 Å². The molecule has 0 aromatic heterocycles. The average Bonchev–Trinajstić information content (AvgIpc) is 2.44. The van der Waals surface area contributed by atoms with Crippen LogP contribution in [-0.2, 0) is 13.0 Å². The fourth-order valence-corrected chi connectivity index (χ4v) is 3.07. The van der Waals surface area contributed by atoms with Crippen LogP contribution >= 0.6 is 11.6 Å². The molecule has 0 fully saturated rings. The molecular formula is C17H19ClN2. The van der Waals surface area contributed by atoms with Gasteiger partial charge in [-0.05, 0) is 49.1 Å². The lowest BCUT2D eigenvalue weighted by Gasteiger charge is -2.37. The standard InChI is InChI=1S/C17H19ClN2/c1-12-6-7-13-4-2-3-5-17(13)20(12)11-14-8-9-15(18)10-16(14)19/h2-5,8-10,12H,6-7,11,19H2,1H3. The zero-order valence-electron chi connectivity index (χ0n) is 11.6. The number of nitrogens with zero attached hydrogens (tertiary/aromatic N) is 1. The van der Waals surface area contributed by atoms with Gasteiger partial charge in [0.1, 0.15) is 0 Å². The van der Waals surface area contributed by atoms with E-state index in [1.807, 2.05) is 18.2 Å². The number of fused-ring (bicyclic) bond motifs is 1. The van der Waals surface area contributed by atoms with Crippen LogP contribution in [-0.4, -0.2) is 6.04 Å². The van der Waals surface area contributed by atoms with Crippen molar-refractivity contribution in [2.75, 3.05) is 10.6 Å². The monoisotopic (exact) mass is 286 g/mol. The van der Waals surface area contributed by atoms with Crippen LogP contribution in [0.25, 0.3) is 0 Å². The van der Waals surface area contributed by atoms with Crippen LogP contribution in [0, 0.1) is 0 Å². The molecule has 0 bridgehead atoms. The Morgan fingerprint density at radius 2 is 2.05 bits per heavy atom. The minimum Gasteiger partial charge on any atom is -0.398 e. The molecule has 1 unspecified atom stereocenters. The molecule has 1 aliphatic heterocycles. The molecule has 3 heteroatoms. The molecule has 2 nitrogen and oxygen atoms in total. The Morgan fingerprint density at radius 1 is 1.25 bits per heavy atom. The lowest BCUT2D eigenvalue weighted by atomic mass is 9.96. The molecule has 1 heterocycles. The zero-order valence-corrected chi connectivity index (χ0v) is 12.4. The third-order valence-electron chi connectivity index (χ3n) is 4.11. The molecule has 0 amide bonds. The summed E-state index contributed by atoms with van der Waals surface area (Å²) in [5, 5.41) is 0.693. The topological polar surface area (TPSA) is 29.3 Å². The van der Waals surface area contributed by atoms with Crippen LogP contribution in [0.3, 0.4) is 0 Å². The Balaban J connectivity index is 1.93. The number of anilines is 2. The number of para-hydroxylation sites is 1. The zero-order chi connectivity index (χ0) is 14.1. The molecule has 1 aliphatic rings. The van der Waals surface area contributed by atoms with E-state index in [1.165, 1.54) is 17.7 Å². The second-order valence-corrected chi connectivity index (χ2v) is 5.92. The van der Waals surface area contributed by atoms with Crippen molar-refractivity contribution in [2.45, 2.75) is 32.4 Å². The molecule has 0 spiro atoms. The lowest BCUT2D eigenvalue weighted by molar-refractivity contribution is 0.560. The number of rotatable bonds is 2. The van der Waals surface area contributed by atoms with Crippen molar-refractivity contribution in [1.82, 2.24) is 0 Å². The summed E-state index contributed by atoms with van der Waals surface area (Å²) in [7, 11) is 0. The minimum absolute atomic E-state index is 0.528. The second-order valence-electron chi connectivity index (χ2n) is 5.49. The molecule has 0 saturated heterocycles. The van der Waals surface area contributed by atoms with Gasteiger partial charge in [0.15, 0.2) is 0 Å². The molecule has 2 aromatic rings. The predicted molar refractivity (Wildman–Crippen MR) is 86.3 cm³/mol. The van der Waals surface area contributed by atoms with E-state index in [-0.39, 0.29) is 0 Å². The number of nitrogen functional groups attached to an aromatic ring is 1. The van der Waals surface area contributed by atoms with E-state index in [4.69, 9.17) is 17.3 Å². The van der Waals surface area contributed by atoms with E-state index >= 15 is 0 Å². The molecule has 0 aliphatic carbocycles. The number of hydrogen-bond donors (Lipinski definition) is 1. The number of nitrogens with two attached hydrogens (primary N) is 1. The van der Waals surface area contributed by atoms with Gasteiger partial charge in [0, 0.05) is 29.0 Å². The summed E-state index contributed by atoms with van der Waals surface area (Å²) in [6.07, 6.45) is 2.34. The summed E-state index contributed by atoms with van der Waals surface area (Å²) in [5.74, 6) is 0. The van der Waals surface area contributed by atoms with E-state index in [2.05, 4.69) is 36.1 Å². The van der Waals surface area contributed by atoms with Gasteiger partial charge in [-0.1, -0.05) is 35.9 Å². The quantitative estimate of drug-likeness (QED) is 0.836. The highest BCUT2D eigenvalue weighted by Gasteiger charge is 2.23.